The van der Waals surface area contributed by atoms with Gasteiger partial charge in [-0.1, -0.05) is 30.3 Å². The number of aromatic nitrogens is 1. The topological polar surface area (TPSA) is 91.7 Å². The van der Waals surface area contributed by atoms with Crippen molar-refractivity contribution in [1.29, 1.82) is 0 Å². The van der Waals surface area contributed by atoms with Crippen molar-refractivity contribution in [2.75, 3.05) is 6.54 Å². The molecule has 9 heteroatoms. The molecule has 0 aliphatic heterocycles. The zero-order chi connectivity index (χ0) is 19.2. The third-order valence-corrected chi connectivity index (χ3v) is 3.46. The fraction of sp³-hybridized carbons (Fsp3) is 0.294. The van der Waals surface area contributed by atoms with Gasteiger partial charge in [-0.3, -0.25) is 4.98 Å². The molecule has 0 saturated carbocycles. The molecular formula is C17H17F3N2O4. The second-order valence-corrected chi connectivity index (χ2v) is 5.39. The summed E-state index contributed by atoms with van der Waals surface area (Å²) in [5.74, 6) is 0. The Morgan fingerprint density at radius 1 is 1.15 bits per heavy atom. The quantitative estimate of drug-likeness (QED) is 0.726. The minimum Gasteiger partial charge on any atom is -0.445 e. The number of carbonyl (C=O) groups is 1. The number of carbonyl (C=O) groups excluding carboxylic acids is 1. The summed E-state index contributed by atoms with van der Waals surface area (Å²) in [6.45, 7) is -0.521. The highest BCUT2D eigenvalue weighted by molar-refractivity contribution is 5.67. The van der Waals surface area contributed by atoms with Crippen molar-refractivity contribution in [2.24, 2.45) is 0 Å². The SMILES string of the molecule is O=C(NCC(O)C(O)c1ncccc1C(F)(F)F)OCc1ccccc1. The van der Waals surface area contributed by atoms with Crippen molar-refractivity contribution in [2.45, 2.75) is 25.0 Å². The number of hydrogen-bond acceptors (Lipinski definition) is 5. The summed E-state index contributed by atoms with van der Waals surface area (Å²) in [4.78, 5) is 15.1. The lowest BCUT2D eigenvalue weighted by Gasteiger charge is -2.21. The number of halogens is 3. The molecule has 1 aromatic carbocycles. The number of nitrogens with one attached hydrogen (secondary N) is 1. The Hall–Kier alpha value is -2.65. The van der Waals surface area contributed by atoms with Gasteiger partial charge in [0.2, 0.25) is 0 Å². The van der Waals surface area contributed by atoms with Crippen molar-refractivity contribution in [3.05, 3.63) is 65.5 Å². The zero-order valence-electron chi connectivity index (χ0n) is 13.5. The summed E-state index contributed by atoms with van der Waals surface area (Å²) in [6.07, 6.45) is -8.16. The number of amides is 1. The van der Waals surface area contributed by atoms with E-state index in [0.29, 0.717) is 0 Å². The van der Waals surface area contributed by atoms with Crippen LogP contribution in [0.1, 0.15) is 22.9 Å². The van der Waals surface area contributed by atoms with E-state index in [1.165, 1.54) is 0 Å². The molecule has 2 unspecified atom stereocenters. The van der Waals surface area contributed by atoms with Crippen LogP contribution in [0.4, 0.5) is 18.0 Å². The van der Waals surface area contributed by atoms with Crippen LogP contribution in [-0.2, 0) is 17.5 Å². The van der Waals surface area contributed by atoms with Crippen LogP contribution < -0.4 is 5.32 Å². The number of aliphatic hydroxyl groups excluding tert-OH is 2. The number of ether oxygens (including phenoxy) is 1. The van der Waals surface area contributed by atoms with Crippen molar-refractivity contribution in [3.63, 3.8) is 0 Å². The maximum atomic E-state index is 12.9. The van der Waals surface area contributed by atoms with Crippen molar-refractivity contribution in [3.8, 4) is 0 Å². The zero-order valence-corrected chi connectivity index (χ0v) is 13.5. The van der Waals surface area contributed by atoms with Gasteiger partial charge in [0.1, 0.15) is 18.8 Å². The van der Waals surface area contributed by atoms with E-state index in [9.17, 15) is 28.2 Å². The van der Waals surface area contributed by atoms with E-state index in [2.05, 4.69) is 10.3 Å². The molecule has 1 heterocycles. The molecule has 0 saturated heterocycles. The molecule has 3 N–H and O–H groups in total. The fourth-order valence-electron chi connectivity index (χ4n) is 2.15. The van der Waals surface area contributed by atoms with Crippen LogP contribution in [0.15, 0.2) is 48.7 Å². The van der Waals surface area contributed by atoms with Gasteiger partial charge in [-0.15, -0.1) is 0 Å². The molecule has 2 atom stereocenters. The van der Waals surface area contributed by atoms with Crippen molar-refractivity contribution >= 4 is 6.09 Å². The molecule has 1 amide bonds. The Bertz CT molecular complexity index is 725. The molecule has 140 valence electrons. The third kappa shape index (κ3) is 5.43. The van der Waals surface area contributed by atoms with Crippen LogP contribution in [0.2, 0.25) is 0 Å². The Kier molecular flexibility index (Phi) is 6.53. The van der Waals surface area contributed by atoms with Gasteiger partial charge in [-0.05, 0) is 17.7 Å². The highest BCUT2D eigenvalue weighted by Gasteiger charge is 2.37. The van der Waals surface area contributed by atoms with E-state index in [-0.39, 0.29) is 6.61 Å². The van der Waals surface area contributed by atoms with Crippen LogP contribution >= 0.6 is 0 Å². The van der Waals surface area contributed by atoms with E-state index in [1.54, 1.807) is 30.3 Å². The lowest BCUT2D eigenvalue weighted by molar-refractivity contribution is -0.140. The molecule has 1 aromatic heterocycles. The summed E-state index contributed by atoms with van der Waals surface area (Å²) in [5.41, 5.74) is -1.13. The lowest BCUT2D eigenvalue weighted by atomic mass is 10.0. The number of alkyl halides is 3. The van der Waals surface area contributed by atoms with Gasteiger partial charge in [-0.25, -0.2) is 4.79 Å². The molecule has 0 fully saturated rings. The van der Waals surface area contributed by atoms with Crippen molar-refractivity contribution in [1.82, 2.24) is 10.3 Å². The van der Waals surface area contributed by atoms with Crippen LogP contribution in [-0.4, -0.2) is 33.9 Å². The number of aliphatic hydroxyl groups is 2. The molecule has 0 bridgehead atoms. The number of pyridine rings is 1. The molecule has 6 nitrogen and oxygen atoms in total. The second-order valence-electron chi connectivity index (χ2n) is 5.39. The highest BCUT2D eigenvalue weighted by atomic mass is 19.4. The Morgan fingerprint density at radius 2 is 1.85 bits per heavy atom. The number of alkyl carbamates (subject to hydrolysis) is 1. The monoisotopic (exact) mass is 370 g/mol. The fourth-order valence-corrected chi connectivity index (χ4v) is 2.15. The third-order valence-electron chi connectivity index (χ3n) is 3.46. The Balaban J connectivity index is 1.89. The maximum Gasteiger partial charge on any atom is 0.418 e. The van der Waals surface area contributed by atoms with Gasteiger partial charge < -0.3 is 20.3 Å². The van der Waals surface area contributed by atoms with E-state index >= 15 is 0 Å². The number of rotatable bonds is 6. The molecule has 2 aromatic rings. The van der Waals surface area contributed by atoms with E-state index in [4.69, 9.17) is 4.74 Å². The lowest BCUT2D eigenvalue weighted by Crippen LogP contribution is -2.36. The van der Waals surface area contributed by atoms with Crippen LogP contribution in [0.5, 0.6) is 0 Å². The Labute approximate surface area is 147 Å². The molecule has 2 rings (SSSR count). The van der Waals surface area contributed by atoms with E-state index < -0.39 is 42.3 Å². The van der Waals surface area contributed by atoms with Crippen LogP contribution in [0.25, 0.3) is 0 Å². The molecule has 0 radical (unpaired) electrons. The van der Waals surface area contributed by atoms with Gasteiger partial charge in [-0.2, -0.15) is 13.2 Å². The molecule has 0 aliphatic carbocycles. The first-order valence-electron chi connectivity index (χ1n) is 7.62. The summed E-state index contributed by atoms with van der Waals surface area (Å²) in [5, 5.41) is 22.0. The van der Waals surface area contributed by atoms with Crippen LogP contribution in [0.3, 0.4) is 0 Å². The summed E-state index contributed by atoms with van der Waals surface area (Å²) < 4.78 is 43.7. The van der Waals surface area contributed by atoms with Crippen molar-refractivity contribution < 1.29 is 32.9 Å². The minimum absolute atomic E-state index is 0.0101. The summed E-state index contributed by atoms with van der Waals surface area (Å²) in [7, 11) is 0. The van der Waals surface area contributed by atoms with Gasteiger partial charge in [0, 0.05) is 12.7 Å². The number of benzene rings is 1. The Morgan fingerprint density at radius 3 is 2.50 bits per heavy atom. The first kappa shape index (κ1) is 19.7. The standard InChI is InChI=1S/C17H17F3N2O4/c18-17(19,20)12-7-4-8-21-14(12)15(24)13(23)9-22-16(25)26-10-11-5-2-1-3-6-11/h1-8,13,15,23-24H,9-10H2,(H,22,25). The van der Waals surface area contributed by atoms with Gasteiger partial charge in [0.15, 0.2) is 0 Å². The van der Waals surface area contributed by atoms with E-state index in [0.717, 1.165) is 23.9 Å². The first-order chi connectivity index (χ1) is 12.3. The smallest absolute Gasteiger partial charge is 0.418 e. The van der Waals surface area contributed by atoms with E-state index in [1.807, 2.05) is 0 Å². The van der Waals surface area contributed by atoms with Gasteiger partial charge in [0.05, 0.1) is 11.3 Å². The maximum absolute atomic E-state index is 12.9. The first-order valence-corrected chi connectivity index (χ1v) is 7.62. The highest BCUT2D eigenvalue weighted by Crippen LogP contribution is 2.34. The number of nitrogens with zero attached hydrogens (tertiary/aromatic N) is 1. The predicted molar refractivity (Wildman–Crippen MR) is 84.8 cm³/mol. The average Bonchev–Trinajstić information content (AvgIpc) is 2.64. The number of hydrogen-bond donors (Lipinski definition) is 3. The molecule has 0 spiro atoms. The largest absolute Gasteiger partial charge is 0.445 e. The normalized spacial score (nSPS) is 13.7. The van der Waals surface area contributed by atoms with Gasteiger partial charge >= 0.3 is 12.3 Å². The van der Waals surface area contributed by atoms with Gasteiger partial charge in [0.25, 0.3) is 0 Å². The molecule has 26 heavy (non-hydrogen) atoms. The predicted octanol–water partition coefficient (Wildman–Crippen LogP) is 2.42. The molecular weight excluding hydrogens is 353 g/mol. The average molecular weight is 370 g/mol. The van der Waals surface area contributed by atoms with Crippen LogP contribution in [0, 0.1) is 0 Å². The summed E-state index contributed by atoms with van der Waals surface area (Å²) >= 11 is 0. The summed E-state index contributed by atoms with van der Waals surface area (Å²) in [6, 6.07) is 10.6. The second kappa shape index (κ2) is 8.63. The minimum atomic E-state index is -4.73. The molecule has 0 aliphatic rings.